The molecule has 3 rings (SSSR count). The maximum Gasteiger partial charge on any atom is 0.221 e. The summed E-state index contributed by atoms with van der Waals surface area (Å²) in [5.74, 6) is 3.08. The Morgan fingerprint density at radius 1 is 1.47 bits per heavy atom. The summed E-state index contributed by atoms with van der Waals surface area (Å²) in [5, 5.41) is 7.85. The first-order chi connectivity index (χ1) is 9.30. The van der Waals surface area contributed by atoms with Crippen LogP contribution in [0.3, 0.4) is 0 Å². The highest BCUT2D eigenvalue weighted by molar-refractivity contribution is 5.35. The van der Waals surface area contributed by atoms with Gasteiger partial charge in [-0.25, -0.2) is 4.68 Å². The Morgan fingerprint density at radius 2 is 2.37 bits per heavy atom. The third-order valence-electron chi connectivity index (χ3n) is 3.50. The van der Waals surface area contributed by atoms with Crippen molar-refractivity contribution in [3.63, 3.8) is 0 Å². The number of aromatic nitrogens is 3. The van der Waals surface area contributed by atoms with Crippen molar-refractivity contribution in [2.24, 2.45) is 0 Å². The van der Waals surface area contributed by atoms with Crippen molar-refractivity contribution in [2.45, 2.75) is 25.8 Å². The summed E-state index contributed by atoms with van der Waals surface area (Å²) in [6.07, 6.45) is 0.867. The standard InChI is InChI=1S/C14H18N4O/c1-3-13-16-14-15-8-11(9-18(14)17-13)10-5-4-6-12(7-10)19-2/h4-7,11H,3,8-9H2,1-2H3,(H,15,16,17). The van der Waals surface area contributed by atoms with Crippen LogP contribution in [0.1, 0.15) is 24.2 Å². The number of fused-ring (bicyclic) bond motifs is 1. The molecule has 0 saturated carbocycles. The monoisotopic (exact) mass is 258 g/mol. The van der Waals surface area contributed by atoms with Crippen LogP contribution in [0.15, 0.2) is 24.3 Å². The lowest BCUT2D eigenvalue weighted by Crippen LogP contribution is -2.26. The molecule has 5 nitrogen and oxygen atoms in total. The number of methoxy groups -OCH3 is 1. The first kappa shape index (κ1) is 12.0. The van der Waals surface area contributed by atoms with Crippen molar-refractivity contribution in [3.05, 3.63) is 35.7 Å². The predicted molar refractivity (Wildman–Crippen MR) is 73.6 cm³/mol. The number of hydrogen-bond donors (Lipinski definition) is 1. The van der Waals surface area contributed by atoms with Crippen molar-refractivity contribution >= 4 is 5.95 Å². The van der Waals surface area contributed by atoms with E-state index < -0.39 is 0 Å². The number of nitrogens with one attached hydrogen (secondary N) is 1. The summed E-state index contributed by atoms with van der Waals surface area (Å²) in [6, 6.07) is 8.23. The summed E-state index contributed by atoms with van der Waals surface area (Å²) in [7, 11) is 1.70. The van der Waals surface area contributed by atoms with Gasteiger partial charge in [-0.1, -0.05) is 19.1 Å². The second kappa shape index (κ2) is 4.91. The molecule has 2 heterocycles. The Labute approximate surface area is 112 Å². The first-order valence-corrected chi connectivity index (χ1v) is 6.61. The van der Waals surface area contributed by atoms with E-state index in [1.54, 1.807) is 7.11 Å². The fourth-order valence-electron chi connectivity index (χ4n) is 2.40. The zero-order valence-electron chi connectivity index (χ0n) is 11.3. The maximum absolute atomic E-state index is 5.28. The quantitative estimate of drug-likeness (QED) is 0.915. The van der Waals surface area contributed by atoms with Gasteiger partial charge in [-0.05, 0) is 17.7 Å². The second-order valence-electron chi connectivity index (χ2n) is 4.74. The van der Waals surface area contributed by atoms with E-state index in [0.29, 0.717) is 5.92 Å². The Bertz CT molecular complexity index is 579. The molecule has 1 atom stereocenters. The molecule has 1 aliphatic rings. The Morgan fingerprint density at radius 3 is 3.16 bits per heavy atom. The maximum atomic E-state index is 5.28. The van der Waals surface area contributed by atoms with Gasteiger partial charge in [0.25, 0.3) is 0 Å². The third-order valence-corrected chi connectivity index (χ3v) is 3.50. The fraction of sp³-hybridized carbons (Fsp3) is 0.429. The van der Waals surface area contributed by atoms with Gasteiger partial charge in [0, 0.05) is 18.9 Å². The molecule has 1 aromatic carbocycles. The molecule has 19 heavy (non-hydrogen) atoms. The molecule has 1 N–H and O–H groups in total. The number of nitrogens with zero attached hydrogens (tertiary/aromatic N) is 3. The summed E-state index contributed by atoms with van der Waals surface area (Å²) in [4.78, 5) is 4.45. The van der Waals surface area contributed by atoms with Gasteiger partial charge in [0.2, 0.25) is 5.95 Å². The van der Waals surface area contributed by atoms with E-state index in [9.17, 15) is 0 Å². The Balaban J connectivity index is 1.84. The molecular formula is C14H18N4O. The Hall–Kier alpha value is -2.04. The second-order valence-corrected chi connectivity index (χ2v) is 4.74. The summed E-state index contributed by atoms with van der Waals surface area (Å²) >= 11 is 0. The number of benzene rings is 1. The summed E-state index contributed by atoms with van der Waals surface area (Å²) in [5.41, 5.74) is 1.27. The molecule has 0 bridgehead atoms. The van der Waals surface area contributed by atoms with Gasteiger partial charge in [-0.2, -0.15) is 10.1 Å². The number of hydrogen-bond acceptors (Lipinski definition) is 4. The molecule has 0 fully saturated rings. The zero-order valence-corrected chi connectivity index (χ0v) is 11.3. The minimum atomic E-state index is 0.397. The minimum absolute atomic E-state index is 0.397. The fourth-order valence-corrected chi connectivity index (χ4v) is 2.40. The lowest BCUT2D eigenvalue weighted by molar-refractivity contribution is 0.412. The van der Waals surface area contributed by atoms with Crippen LogP contribution in [0.5, 0.6) is 5.75 Å². The summed E-state index contributed by atoms with van der Waals surface area (Å²) < 4.78 is 7.25. The highest BCUT2D eigenvalue weighted by Gasteiger charge is 2.22. The molecule has 2 aromatic rings. The number of aryl methyl sites for hydroxylation is 1. The van der Waals surface area contributed by atoms with Crippen molar-refractivity contribution in [1.82, 2.24) is 14.8 Å². The molecule has 1 unspecified atom stereocenters. The SMILES string of the molecule is CCc1nc2n(n1)CC(c1cccc(OC)c1)CN2. The zero-order chi connectivity index (χ0) is 13.2. The van der Waals surface area contributed by atoms with Crippen LogP contribution in [-0.2, 0) is 13.0 Å². The van der Waals surface area contributed by atoms with Gasteiger partial charge in [-0.15, -0.1) is 0 Å². The van der Waals surface area contributed by atoms with E-state index in [1.165, 1.54) is 5.56 Å². The van der Waals surface area contributed by atoms with Crippen LogP contribution >= 0.6 is 0 Å². The van der Waals surface area contributed by atoms with Gasteiger partial charge in [0.05, 0.1) is 13.7 Å². The average Bonchev–Trinajstić information content (AvgIpc) is 2.89. The van der Waals surface area contributed by atoms with Crippen LogP contribution in [0.4, 0.5) is 5.95 Å². The van der Waals surface area contributed by atoms with E-state index >= 15 is 0 Å². The predicted octanol–water partition coefficient (Wildman–Crippen LogP) is 2.06. The minimum Gasteiger partial charge on any atom is -0.497 e. The molecule has 0 spiro atoms. The largest absolute Gasteiger partial charge is 0.497 e. The summed E-state index contributed by atoms with van der Waals surface area (Å²) in [6.45, 7) is 3.82. The lowest BCUT2D eigenvalue weighted by Gasteiger charge is -2.24. The number of anilines is 1. The van der Waals surface area contributed by atoms with E-state index in [-0.39, 0.29) is 0 Å². The highest BCUT2D eigenvalue weighted by Crippen LogP contribution is 2.26. The van der Waals surface area contributed by atoms with Crippen LogP contribution in [0.25, 0.3) is 0 Å². The van der Waals surface area contributed by atoms with Crippen LogP contribution in [0.2, 0.25) is 0 Å². The lowest BCUT2D eigenvalue weighted by atomic mass is 9.98. The van der Waals surface area contributed by atoms with Gasteiger partial charge in [-0.3, -0.25) is 0 Å². The smallest absolute Gasteiger partial charge is 0.221 e. The molecule has 5 heteroatoms. The third kappa shape index (κ3) is 2.28. The van der Waals surface area contributed by atoms with Gasteiger partial charge in [0.1, 0.15) is 5.75 Å². The highest BCUT2D eigenvalue weighted by atomic mass is 16.5. The Kier molecular flexibility index (Phi) is 3.11. The van der Waals surface area contributed by atoms with Gasteiger partial charge in [0.15, 0.2) is 5.82 Å². The average molecular weight is 258 g/mol. The van der Waals surface area contributed by atoms with Crippen molar-refractivity contribution in [2.75, 3.05) is 19.0 Å². The van der Waals surface area contributed by atoms with Crippen molar-refractivity contribution in [1.29, 1.82) is 0 Å². The normalized spacial score (nSPS) is 17.7. The van der Waals surface area contributed by atoms with Gasteiger partial charge >= 0.3 is 0 Å². The van der Waals surface area contributed by atoms with Crippen molar-refractivity contribution < 1.29 is 4.74 Å². The molecule has 1 aromatic heterocycles. The van der Waals surface area contributed by atoms with Crippen LogP contribution in [0, 0.1) is 0 Å². The molecular weight excluding hydrogens is 240 g/mol. The number of rotatable bonds is 3. The van der Waals surface area contributed by atoms with Gasteiger partial charge < -0.3 is 10.1 Å². The molecule has 0 aliphatic carbocycles. The van der Waals surface area contributed by atoms with E-state index in [4.69, 9.17) is 4.74 Å². The first-order valence-electron chi connectivity index (χ1n) is 6.61. The van der Waals surface area contributed by atoms with E-state index in [1.807, 2.05) is 16.8 Å². The molecule has 0 amide bonds. The van der Waals surface area contributed by atoms with E-state index in [2.05, 4.69) is 34.5 Å². The molecule has 1 aliphatic heterocycles. The molecule has 0 radical (unpaired) electrons. The van der Waals surface area contributed by atoms with Crippen LogP contribution < -0.4 is 10.1 Å². The molecule has 100 valence electrons. The van der Waals surface area contributed by atoms with E-state index in [0.717, 1.165) is 37.0 Å². The number of ether oxygens (including phenoxy) is 1. The molecule has 0 saturated heterocycles. The topological polar surface area (TPSA) is 52.0 Å². The van der Waals surface area contributed by atoms with Crippen molar-refractivity contribution in [3.8, 4) is 5.75 Å². The van der Waals surface area contributed by atoms with Crippen LogP contribution in [-0.4, -0.2) is 28.4 Å².